The van der Waals surface area contributed by atoms with Gasteiger partial charge < -0.3 is 21.3 Å². The van der Waals surface area contributed by atoms with Crippen LogP contribution >= 0.6 is 11.3 Å². The molecule has 10 heteroatoms. The van der Waals surface area contributed by atoms with Gasteiger partial charge in [0.15, 0.2) is 5.13 Å². The van der Waals surface area contributed by atoms with Crippen molar-refractivity contribution in [3.63, 3.8) is 0 Å². The van der Waals surface area contributed by atoms with Gasteiger partial charge in [-0.2, -0.15) is 0 Å². The molecule has 4 rings (SSSR count). The third kappa shape index (κ3) is 4.18. The van der Waals surface area contributed by atoms with Crippen molar-refractivity contribution in [3.05, 3.63) is 41.5 Å². The Morgan fingerprint density at radius 3 is 2.62 bits per heavy atom. The Bertz CT molecular complexity index is 1190. The number of benzene rings is 1. The number of primary amides is 1. The third-order valence-corrected chi connectivity index (χ3v) is 6.27. The zero-order valence-electron chi connectivity index (χ0n) is 18.2. The van der Waals surface area contributed by atoms with Crippen molar-refractivity contribution in [2.45, 2.75) is 45.1 Å². The number of hydrogen-bond acceptors (Lipinski definition) is 5. The number of fused-ring (bicyclic) bond motifs is 1. The van der Waals surface area contributed by atoms with Gasteiger partial charge in [-0.3, -0.25) is 9.36 Å². The first kappa shape index (κ1) is 21.8. The number of nitrogens with one attached hydrogen (secondary N) is 2. The number of anilines is 2. The Morgan fingerprint density at radius 1 is 1.19 bits per heavy atom. The van der Waals surface area contributed by atoms with Crippen LogP contribution in [0.1, 0.15) is 39.3 Å². The van der Waals surface area contributed by atoms with Crippen LogP contribution in [0.3, 0.4) is 0 Å². The van der Waals surface area contributed by atoms with E-state index in [2.05, 4.69) is 36.4 Å². The maximum absolute atomic E-state index is 13.0. The molecule has 3 heterocycles. The lowest BCUT2D eigenvalue weighted by Gasteiger charge is -2.23. The largest absolute Gasteiger partial charge is 0.351 e. The summed E-state index contributed by atoms with van der Waals surface area (Å²) >= 11 is 1.37. The molecule has 9 nitrogen and oxygen atoms in total. The Balaban J connectivity index is 1.49. The van der Waals surface area contributed by atoms with Gasteiger partial charge in [0.25, 0.3) is 0 Å². The zero-order chi connectivity index (χ0) is 23.0. The summed E-state index contributed by atoms with van der Waals surface area (Å²) < 4.78 is 1.29. The van der Waals surface area contributed by atoms with Crippen LogP contribution in [0.5, 0.6) is 0 Å². The van der Waals surface area contributed by atoms with E-state index >= 15 is 0 Å². The molecule has 2 aromatic heterocycles. The van der Waals surface area contributed by atoms with E-state index in [1.54, 1.807) is 18.2 Å². The predicted octanol–water partition coefficient (Wildman–Crippen LogP) is 3.96. The fourth-order valence-electron chi connectivity index (χ4n) is 3.80. The highest BCUT2D eigenvalue weighted by atomic mass is 32.1. The van der Waals surface area contributed by atoms with Crippen LogP contribution < -0.4 is 16.4 Å². The van der Waals surface area contributed by atoms with Gasteiger partial charge >= 0.3 is 12.1 Å². The van der Waals surface area contributed by atoms with Gasteiger partial charge in [0.05, 0.1) is 16.9 Å². The zero-order valence-corrected chi connectivity index (χ0v) is 19.0. The standard InChI is InChI=1S/C22H26N6O3S/c1-22(2,3)17-12-32-20(25-17)26-18(29)16-9-6-10-27(16)21(31)24-14-11-28(19(23)30)15-8-5-4-7-13(14)15/h4-5,7-8,11-12,16H,6,9-10H2,1-3H3,(H2,23,30)(H,24,31)(H,25,26,29)/t16-/m0/s1. The molecule has 0 unspecified atom stereocenters. The molecule has 1 aromatic carbocycles. The number of likely N-dealkylation sites (tertiary alicyclic amines) is 1. The van der Waals surface area contributed by atoms with Gasteiger partial charge in [-0.25, -0.2) is 14.6 Å². The molecule has 0 aliphatic carbocycles. The topological polar surface area (TPSA) is 122 Å². The lowest BCUT2D eigenvalue weighted by molar-refractivity contribution is -0.119. The number of rotatable bonds is 3. The van der Waals surface area contributed by atoms with Gasteiger partial charge in [-0.15, -0.1) is 11.3 Å². The lowest BCUT2D eigenvalue weighted by atomic mass is 9.93. The number of para-hydroxylation sites is 1. The van der Waals surface area contributed by atoms with Gasteiger partial charge in [0, 0.05) is 28.9 Å². The van der Waals surface area contributed by atoms with E-state index < -0.39 is 18.1 Å². The minimum Gasteiger partial charge on any atom is -0.351 e. The average Bonchev–Trinajstić information content (AvgIpc) is 3.46. The van der Waals surface area contributed by atoms with Crippen molar-refractivity contribution in [1.82, 2.24) is 14.5 Å². The first-order valence-electron chi connectivity index (χ1n) is 10.4. The minimum absolute atomic E-state index is 0.108. The molecule has 0 bridgehead atoms. The molecule has 0 radical (unpaired) electrons. The normalized spacial score (nSPS) is 16.3. The molecule has 3 aromatic rings. The summed E-state index contributed by atoms with van der Waals surface area (Å²) in [6.07, 6.45) is 2.79. The number of carbonyl (C=O) groups is 3. The molecule has 1 aliphatic rings. The fourth-order valence-corrected chi connectivity index (χ4v) is 4.74. The fraction of sp³-hybridized carbons (Fsp3) is 0.364. The van der Waals surface area contributed by atoms with Crippen molar-refractivity contribution in [2.75, 3.05) is 17.2 Å². The Morgan fingerprint density at radius 2 is 1.94 bits per heavy atom. The van der Waals surface area contributed by atoms with E-state index in [9.17, 15) is 14.4 Å². The number of carbonyl (C=O) groups excluding carboxylic acids is 3. The smallest absolute Gasteiger partial charge is 0.323 e. The molecule has 1 fully saturated rings. The second kappa shape index (κ2) is 8.27. The summed E-state index contributed by atoms with van der Waals surface area (Å²) in [5.74, 6) is -0.257. The molecule has 0 saturated carbocycles. The molecule has 1 saturated heterocycles. The van der Waals surface area contributed by atoms with Crippen LogP contribution in [0.15, 0.2) is 35.8 Å². The van der Waals surface area contributed by atoms with Gasteiger partial charge in [-0.1, -0.05) is 39.0 Å². The van der Waals surface area contributed by atoms with Gasteiger partial charge in [0.2, 0.25) is 5.91 Å². The van der Waals surface area contributed by atoms with E-state index in [4.69, 9.17) is 5.73 Å². The molecule has 1 atom stereocenters. The number of nitrogens with two attached hydrogens (primary N) is 1. The van der Waals surface area contributed by atoms with Crippen LogP contribution in [0, 0.1) is 0 Å². The van der Waals surface area contributed by atoms with Crippen molar-refractivity contribution in [2.24, 2.45) is 5.73 Å². The van der Waals surface area contributed by atoms with Crippen molar-refractivity contribution >= 4 is 51.0 Å². The number of hydrogen-bond donors (Lipinski definition) is 3. The van der Waals surface area contributed by atoms with Crippen LogP contribution in [0.4, 0.5) is 20.4 Å². The molecule has 168 valence electrons. The molecule has 1 aliphatic heterocycles. The van der Waals surface area contributed by atoms with Crippen LogP contribution in [-0.2, 0) is 10.2 Å². The van der Waals surface area contributed by atoms with E-state index in [1.165, 1.54) is 27.0 Å². The number of urea groups is 1. The summed E-state index contributed by atoms with van der Waals surface area (Å²) in [6, 6.07) is 5.52. The second-order valence-corrected chi connectivity index (χ2v) is 9.68. The number of aromatic nitrogens is 2. The van der Waals surface area contributed by atoms with Crippen LogP contribution in [-0.4, -0.2) is 45.0 Å². The summed E-state index contributed by atoms with van der Waals surface area (Å²) in [7, 11) is 0. The quantitative estimate of drug-likeness (QED) is 0.554. The summed E-state index contributed by atoms with van der Waals surface area (Å²) in [5, 5.41) is 8.85. The third-order valence-electron chi connectivity index (χ3n) is 5.51. The molecule has 32 heavy (non-hydrogen) atoms. The number of nitrogens with zero attached hydrogens (tertiary/aromatic N) is 3. The summed E-state index contributed by atoms with van der Waals surface area (Å²) in [4.78, 5) is 43.7. The minimum atomic E-state index is -0.641. The van der Waals surface area contributed by atoms with Crippen molar-refractivity contribution < 1.29 is 14.4 Å². The Kier molecular flexibility index (Phi) is 5.64. The van der Waals surface area contributed by atoms with Gasteiger partial charge in [0.1, 0.15) is 6.04 Å². The average molecular weight is 455 g/mol. The molecular weight excluding hydrogens is 428 g/mol. The monoisotopic (exact) mass is 454 g/mol. The van der Waals surface area contributed by atoms with Gasteiger partial charge in [-0.05, 0) is 18.9 Å². The second-order valence-electron chi connectivity index (χ2n) is 8.83. The number of amides is 4. The Hall–Kier alpha value is -3.40. The van der Waals surface area contributed by atoms with Crippen molar-refractivity contribution in [1.29, 1.82) is 0 Å². The van der Waals surface area contributed by atoms with Crippen LogP contribution in [0.2, 0.25) is 0 Å². The maximum atomic E-state index is 13.0. The maximum Gasteiger partial charge on any atom is 0.323 e. The predicted molar refractivity (Wildman–Crippen MR) is 125 cm³/mol. The first-order valence-corrected chi connectivity index (χ1v) is 11.3. The highest BCUT2D eigenvalue weighted by molar-refractivity contribution is 7.14. The van der Waals surface area contributed by atoms with Crippen LogP contribution in [0.25, 0.3) is 10.9 Å². The molecular formula is C22H26N6O3S. The molecule has 4 N–H and O–H groups in total. The number of thiazole rings is 1. The van der Waals surface area contributed by atoms with Crippen molar-refractivity contribution in [3.8, 4) is 0 Å². The van der Waals surface area contributed by atoms with E-state index in [0.29, 0.717) is 34.7 Å². The first-order chi connectivity index (χ1) is 15.1. The van der Waals surface area contributed by atoms with E-state index in [1.807, 2.05) is 11.4 Å². The molecule has 0 spiro atoms. The highest BCUT2D eigenvalue weighted by Gasteiger charge is 2.35. The SMILES string of the molecule is CC(C)(C)c1csc(NC(=O)[C@@H]2CCCN2C(=O)Nc2cn(C(N)=O)c3ccccc23)n1. The van der Waals surface area contributed by atoms with E-state index in [0.717, 1.165) is 12.1 Å². The van der Waals surface area contributed by atoms with E-state index in [-0.39, 0.29) is 11.3 Å². The summed E-state index contributed by atoms with van der Waals surface area (Å²) in [5.41, 5.74) is 7.32. The summed E-state index contributed by atoms with van der Waals surface area (Å²) in [6.45, 7) is 6.65. The molecule has 4 amide bonds. The highest BCUT2D eigenvalue weighted by Crippen LogP contribution is 2.29. The Labute approximate surface area is 189 Å². The lowest BCUT2D eigenvalue weighted by Crippen LogP contribution is -2.45.